The molecule has 0 atom stereocenters. The zero-order valence-corrected chi connectivity index (χ0v) is 21.0. The molecule has 0 spiro atoms. The third kappa shape index (κ3) is 5.34. The zero-order valence-electron chi connectivity index (χ0n) is 21.0. The Balaban J connectivity index is 1.27. The molecule has 2 N–H and O–H groups in total. The van der Waals surface area contributed by atoms with Gasteiger partial charge in [-0.3, -0.25) is 9.89 Å². The standard InChI is InChI=1S/C30H26N4O4/c1-36-28-15-14-20(16-29(28)37-2)18-31-34-30(35)26-17-25(32-33-26)24-12-5-6-13-27(24)38-19-22-10-7-9-21-8-3-4-11-23(21)22/h3-18H,19H2,1-2H3,(H,32,33)(H,34,35)/b31-18-. The van der Waals surface area contributed by atoms with E-state index < -0.39 is 5.91 Å². The molecule has 1 heterocycles. The van der Waals surface area contributed by atoms with Crippen molar-refractivity contribution in [3.05, 3.63) is 108 Å². The average molecular weight is 507 g/mol. The van der Waals surface area contributed by atoms with E-state index in [0.717, 1.165) is 22.1 Å². The number of H-pyrrole nitrogens is 1. The van der Waals surface area contributed by atoms with Crippen LogP contribution in [0.2, 0.25) is 0 Å². The molecule has 0 fully saturated rings. The van der Waals surface area contributed by atoms with Crippen molar-refractivity contribution in [3.63, 3.8) is 0 Å². The van der Waals surface area contributed by atoms with Crippen molar-refractivity contribution in [2.24, 2.45) is 5.10 Å². The number of rotatable bonds is 9. The van der Waals surface area contributed by atoms with Crippen LogP contribution in [0.4, 0.5) is 0 Å². The van der Waals surface area contributed by atoms with Gasteiger partial charge in [0, 0.05) is 5.56 Å². The second-order valence-corrected chi connectivity index (χ2v) is 8.40. The summed E-state index contributed by atoms with van der Waals surface area (Å²) in [5, 5.41) is 13.5. The smallest absolute Gasteiger partial charge is 0.289 e. The molecule has 0 unspecified atom stereocenters. The summed E-state index contributed by atoms with van der Waals surface area (Å²) in [5.74, 6) is 1.43. The Labute approximate surface area is 219 Å². The van der Waals surface area contributed by atoms with Gasteiger partial charge >= 0.3 is 0 Å². The van der Waals surface area contributed by atoms with Gasteiger partial charge in [0.25, 0.3) is 5.91 Å². The fourth-order valence-electron chi connectivity index (χ4n) is 4.11. The summed E-state index contributed by atoms with van der Waals surface area (Å²) in [6.07, 6.45) is 1.52. The molecule has 38 heavy (non-hydrogen) atoms. The number of carbonyl (C=O) groups is 1. The molecule has 5 rings (SSSR count). The maximum Gasteiger partial charge on any atom is 0.289 e. The number of hydrogen-bond acceptors (Lipinski definition) is 6. The molecule has 1 aromatic heterocycles. The molecule has 1 amide bonds. The minimum absolute atomic E-state index is 0.272. The molecule has 0 aliphatic carbocycles. The van der Waals surface area contributed by atoms with Crippen LogP contribution in [0.15, 0.2) is 96.1 Å². The van der Waals surface area contributed by atoms with Gasteiger partial charge in [-0.2, -0.15) is 10.2 Å². The van der Waals surface area contributed by atoms with Gasteiger partial charge in [-0.25, -0.2) is 5.43 Å². The molecule has 0 aliphatic heterocycles. The van der Waals surface area contributed by atoms with Gasteiger partial charge in [0.1, 0.15) is 18.1 Å². The Morgan fingerprint density at radius 1 is 0.895 bits per heavy atom. The molecular formula is C30H26N4O4. The predicted octanol–water partition coefficient (Wildman–Crippen LogP) is 5.59. The van der Waals surface area contributed by atoms with E-state index in [1.54, 1.807) is 38.5 Å². The molecule has 0 bridgehead atoms. The summed E-state index contributed by atoms with van der Waals surface area (Å²) in [6, 6.07) is 29.0. The highest BCUT2D eigenvalue weighted by molar-refractivity contribution is 5.94. The number of benzene rings is 4. The van der Waals surface area contributed by atoms with Gasteiger partial charge in [-0.15, -0.1) is 0 Å². The Kier molecular flexibility index (Phi) is 7.31. The van der Waals surface area contributed by atoms with Crippen LogP contribution in [0.3, 0.4) is 0 Å². The highest BCUT2D eigenvalue weighted by atomic mass is 16.5. The quantitative estimate of drug-likeness (QED) is 0.201. The molecule has 5 aromatic rings. The first-order valence-corrected chi connectivity index (χ1v) is 12.0. The highest BCUT2D eigenvalue weighted by Crippen LogP contribution is 2.30. The minimum atomic E-state index is -0.422. The number of aromatic amines is 1. The fraction of sp³-hybridized carbons (Fsp3) is 0.100. The Bertz CT molecular complexity index is 1600. The SMILES string of the molecule is COc1ccc(/C=N\NC(=O)c2cc(-c3ccccc3OCc3cccc4ccccc34)n[nH]2)cc1OC. The van der Waals surface area contributed by atoms with Crippen LogP contribution < -0.4 is 19.6 Å². The fourth-order valence-corrected chi connectivity index (χ4v) is 4.11. The third-order valence-electron chi connectivity index (χ3n) is 6.04. The maximum absolute atomic E-state index is 12.7. The van der Waals surface area contributed by atoms with Crippen molar-refractivity contribution in [1.82, 2.24) is 15.6 Å². The van der Waals surface area contributed by atoms with Crippen LogP contribution in [0.1, 0.15) is 21.6 Å². The minimum Gasteiger partial charge on any atom is -0.493 e. The number of hydrogen-bond donors (Lipinski definition) is 2. The Morgan fingerprint density at radius 3 is 2.55 bits per heavy atom. The van der Waals surface area contributed by atoms with E-state index in [2.05, 4.69) is 45.0 Å². The van der Waals surface area contributed by atoms with Gasteiger partial charge in [-0.05, 0) is 58.3 Å². The number of fused-ring (bicyclic) bond motifs is 1. The summed E-state index contributed by atoms with van der Waals surface area (Å²) in [7, 11) is 3.13. The number of amides is 1. The van der Waals surface area contributed by atoms with Crippen LogP contribution in [-0.2, 0) is 6.61 Å². The number of aromatic nitrogens is 2. The monoisotopic (exact) mass is 506 g/mol. The summed E-state index contributed by atoms with van der Waals surface area (Å²) < 4.78 is 16.7. The normalized spacial score (nSPS) is 11.0. The van der Waals surface area contributed by atoms with E-state index in [0.29, 0.717) is 29.5 Å². The highest BCUT2D eigenvalue weighted by Gasteiger charge is 2.14. The zero-order chi connectivity index (χ0) is 26.3. The Hall–Kier alpha value is -5.11. The van der Waals surface area contributed by atoms with E-state index in [9.17, 15) is 4.79 Å². The topological polar surface area (TPSA) is 97.8 Å². The number of hydrazone groups is 1. The lowest BCUT2D eigenvalue weighted by atomic mass is 10.1. The first kappa shape index (κ1) is 24.6. The van der Waals surface area contributed by atoms with Crippen LogP contribution in [0, 0.1) is 0 Å². The first-order valence-electron chi connectivity index (χ1n) is 12.0. The summed E-state index contributed by atoms with van der Waals surface area (Å²) in [6.45, 7) is 0.404. The molecule has 0 saturated carbocycles. The summed E-state index contributed by atoms with van der Waals surface area (Å²) >= 11 is 0. The van der Waals surface area contributed by atoms with Gasteiger partial charge in [-0.1, -0.05) is 54.6 Å². The number of carbonyl (C=O) groups excluding carboxylic acids is 1. The molecule has 190 valence electrons. The molecule has 0 saturated heterocycles. The molecular weight excluding hydrogens is 480 g/mol. The Morgan fingerprint density at radius 2 is 1.68 bits per heavy atom. The van der Waals surface area contributed by atoms with E-state index >= 15 is 0 Å². The average Bonchev–Trinajstić information content (AvgIpc) is 3.46. The largest absolute Gasteiger partial charge is 0.493 e. The van der Waals surface area contributed by atoms with Gasteiger partial charge in [0.2, 0.25) is 0 Å². The third-order valence-corrected chi connectivity index (χ3v) is 6.04. The van der Waals surface area contributed by atoms with E-state index in [-0.39, 0.29) is 5.69 Å². The lowest BCUT2D eigenvalue weighted by molar-refractivity contribution is 0.0950. The van der Waals surface area contributed by atoms with Crippen molar-refractivity contribution < 1.29 is 19.0 Å². The van der Waals surface area contributed by atoms with Crippen molar-refractivity contribution in [2.75, 3.05) is 14.2 Å². The molecule has 4 aromatic carbocycles. The number of ether oxygens (including phenoxy) is 3. The predicted molar refractivity (Wildman–Crippen MR) is 147 cm³/mol. The number of para-hydroxylation sites is 1. The van der Waals surface area contributed by atoms with Crippen molar-refractivity contribution in [3.8, 4) is 28.5 Å². The van der Waals surface area contributed by atoms with Crippen molar-refractivity contribution in [2.45, 2.75) is 6.61 Å². The maximum atomic E-state index is 12.7. The van der Waals surface area contributed by atoms with E-state index in [1.807, 2.05) is 42.5 Å². The molecule has 0 radical (unpaired) electrons. The number of nitrogens with zero attached hydrogens (tertiary/aromatic N) is 2. The molecule has 8 nitrogen and oxygen atoms in total. The van der Waals surface area contributed by atoms with Crippen molar-refractivity contribution >= 4 is 22.9 Å². The van der Waals surface area contributed by atoms with Crippen molar-refractivity contribution in [1.29, 1.82) is 0 Å². The van der Waals surface area contributed by atoms with Gasteiger partial charge in [0.15, 0.2) is 11.5 Å². The molecule has 8 heteroatoms. The molecule has 0 aliphatic rings. The number of nitrogens with one attached hydrogen (secondary N) is 2. The summed E-state index contributed by atoms with van der Waals surface area (Å²) in [5.41, 5.74) is 5.98. The first-order chi connectivity index (χ1) is 18.7. The van der Waals surface area contributed by atoms with Gasteiger partial charge in [0.05, 0.1) is 26.1 Å². The van der Waals surface area contributed by atoms with Crippen LogP contribution in [0.5, 0.6) is 17.2 Å². The van der Waals surface area contributed by atoms with E-state index in [4.69, 9.17) is 14.2 Å². The van der Waals surface area contributed by atoms with Crippen LogP contribution in [-0.4, -0.2) is 36.5 Å². The van der Waals surface area contributed by atoms with E-state index in [1.165, 1.54) is 11.6 Å². The second kappa shape index (κ2) is 11.3. The van der Waals surface area contributed by atoms with Crippen LogP contribution in [0.25, 0.3) is 22.0 Å². The van der Waals surface area contributed by atoms with Gasteiger partial charge < -0.3 is 14.2 Å². The number of methoxy groups -OCH3 is 2. The lowest BCUT2D eigenvalue weighted by Gasteiger charge is -2.12. The lowest BCUT2D eigenvalue weighted by Crippen LogP contribution is -2.18. The summed E-state index contributed by atoms with van der Waals surface area (Å²) in [4.78, 5) is 12.7. The second-order valence-electron chi connectivity index (χ2n) is 8.40. The van der Waals surface area contributed by atoms with Crippen LogP contribution >= 0.6 is 0 Å².